The van der Waals surface area contributed by atoms with E-state index in [2.05, 4.69) is 14.9 Å². The molecular formula is C8H7ClN2O3S. The molecule has 1 heterocycles. The van der Waals surface area contributed by atoms with E-state index in [4.69, 9.17) is 10.7 Å². The Bertz CT molecular complexity index is 633. The van der Waals surface area contributed by atoms with Crippen LogP contribution < -0.4 is 0 Å². The molecule has 0 N–H and O–H groups in total. The summed E-state index contributed by atoms with van der Waals surface area (Å²) in [4.78, 5) is -0.0361. The zero-order valence-electron chi connectivity index (χ0n) is 7.98. The number of fused-ring (bicyclic) bond motifs is 1. The van der Waals surface area contributed by atoms with Crippen molar-refractivity contribution in [2.75, 3.05) is 0 Å². The summed E-state index contributed by atoms with van der Waals surface area (Å²) in [6.45, 7) is 3.44. The molecule has 5 nitrogen and oxygen atoms in total. The first-order chi connectivity index (χ1) is 6.91. The standard InChI is InChI=1S/C8H7ClN2O3S/c1-4-3-5(2)8(15(9,12)13)7-6(4)10-14-11-7/h3H,1-2H3. The topological polar surface area (TPSA) is 73.1 Å². The lowest BCUT2D eigenvalue weighted by atomic mass is 10.1. The van der Waals surface area contributed by atoms with Crippen LogP contribution in [0.2, 0.25) is 0 Å². The van der Waals surface area contributed by atoms with Crippen molar-refractivity contribution in [1.82, 2.24) is 10.3 Å². The molecule has 7 heteroatoms. The molecule has 0 unspecified atom stereocenters. The normalized spacial score (nSPS) is 12.2. The van der Waals surface area contributed by atoms with Gasteiger partial charge in [-0.3, -0.25) is 0 Å². The first-order valence-electron chi connectivity index (χ1n) is 4.08. The van der Waals surface area contributed by atoms with Gasteiger partial charge < -0.3 is 0 Å². The third-order valence-corrected chi connectivity index (χ3v) is 3.58. The predicted octanol–water partition coefficient (Wildman–Crippen LogP) is 1.77. The third-order valence-electron chi connectivity index (χ3n) is 2.11. The molecule has 2 rings (SSSR count). The summed E-state index contributed by atoms with van der Waals surface area (Å²) in [6, 6.07) is 1.68. The molecule has 2 aromatic rings. The molecule has 0 atom stereocenters. The Kier molecular flexibility index (Phi) is 2.20. The van der Waals surface area contributed by atoms with Crippen LogP contribution in [0.25, 0.3) is 11.0 Å². The van der Waals surface area contributed by atoms with Crippen molar-refractivity contribution in [2.45, 2.75) is 18.7 Å². The van der Waals surface area contributed by atoms with E-state index in [1.165, 1.54) is 0 Å². The van der Waals surface area contributed by atoms with Crippen LogP contribution in [0.3, 0.4) is 0 Å². The van der Waals surface area contributed by atoms with Gasteiger partial charge in [0.1, 0.15) is 10.4 Å². The molecule has 0 amide bonds. The maximum Gasteiger partial charge on any atom is 0.263 e. The second-order valence-electron chi connectivity index (χ2n) is 3.24. The van der Waals surface area contributed by atoms with Gasteiger partial charge in [-0.2, -0.15) is 0 Å². The minimum Gasteiger partial charge on any atom is -0.243 e. The van der Waals surface area contributed by atoms with Crippen LogP contribution in [0.5, 0.6) is 0 Å². The van der Waals surface area contributed by atoms with Crippen molar-refractivity contribution in [2.24, 2.45) is 0 Å². The maximum absolute atomic E-state index is 11.3. The van der Waals surface area contributed by atoms with Crippen LogP contribution in [0.1, 0.15) is 11.1 Å². The molecule has 0 spiro atoms. The van der Waals surface area contributed by atoms with Gasteiger partial charge in [0, 0.05) is 10.7 Å². The molecule has 0 bridgehead atoms. The average molecular weight is 247 g/mol. The van der Waals surface area contributed by atoms with Gasteiger partial charge in [0.05, 0.1) is 0 Å². The summed E-state index contributed by atoms with van der Waals surface area (Å²) in [5.74, 6) is 0. The molecule has 1 aromatic heterocycles. The second kappa shape index (κ2) is 3.18. The fourth-order valence-electron chi connectivity index (χ4n) is 1.55. The van der Waals surface area contributed by atoms with E-state index < -0.39 is 9.05 Å². The average Bonchev–Trinajstić information content (AvgIpc) is 2.49. The monoisotopic (exact) mass is 246 g/mol. The van der Waals surface area contributed by atoms with Crippen LogP contribution in [0.15, 0.2) is 15.6 Å². The summed E-state index contributed by atoms with van der Waals surface area (Å²) in [7, 11) is 1.48. The van der Waals surface area contributed by atoms with Crippen molar-refractivity contribution in [1.29, 1.82) is 0 Å². The third kappa shape index (κ3) is 1.59. The fraction of sp³-hybridized carbons (Fsp3) is 0.250. The zero-order chi connectivity index (χ0) is 11.2. The first kappa shape index (κ1) is 10.4. The molecule has 0 aliphatic heterocycles. The summed E-state index contributed by atoms with van der Waals surface area (Å²) in [5, 5.41) is 7.18. The molecule has 0 saturated heterocycles. The molecule has 0 radical (unpaired) electrons. The Labute approximate surface area is 90.4 Å². The highest BCUT2D eigenvalue weighted by Crippen LogP contribution is 2.29. The molecule has 0 saturated carbocycles. The minimum atomic E-state index is -3.84. The molecular weight excluding hydrogens is 240 g/mol. The Morgan fingerprint density at radius 3 is 2.40 bits per heavy atom. The number of aryl methyl sites for hydroxylation is 2. The van der Waals surface area contributed by atoms with Crippen molar-refractivity contribution >= 4 is 30.8 Å². The Morgan fingerprint density at radius 2 is 1.80 bits per heavy atom. The molecule has 0 fully saturated rings. The number of nitrogens with zero attached hydrogens (tertiary/aromatic N) is 2. The van der Waals surface area contributed by atoms with Crippen LogP contribution in [0, 0.1) is 13.8 Å². The highest BCUT2D eigenvalue weighted by molar-refractivity contribution is 8.14. The molecule has 1 aromatic carbocycles. The first-order valence-corrected chi connectivity index (χ1v) is 6.39. The van der Waals surface area contributed by atoms with Gasteiger partial charge in [-0.25, -0.2) is 13.0 Å². The van der Waals surface area contributed by atoms with Crippen molar-refractivity contribution in [3.8, 4) is 0 Å². The van der Waals surface area contributed by atoms with E-state index in [0.717, 1.165) is 5.56 Å². The molecule has 0 aliphatic rings. The van der Waals surface area contributed by atoms with Crippen LogP contribution in [-0.2, 0) is 9.05 Å². The van der Waals surface area contributed by atoms with Crippen molar-refractivity contribution < 1.29 is 13.0 Å². The molecule has 0 aliphatic carbocycles. The van der Waals surface area contributed by atoms with E-state index in [0.29, 0.717) is 11.1 Å². The smallest absolute Gasteiger partial charge is 0.243 e. The second-order valence-corrected chi connectivity index (χ2v) is 5.74. The number of rotatable bonds is 1. The van der Waals surface area contributed by atoms with Gasteiger partial charge in [-0.1, -0.05) is 6.07 Å². The summed E-state index contributed by atoms with van der Waals surface area (Å²) < 4.78 is 27.2. The predicted molar refractivity (Wildman–Crippen MR) is 54.3 cm³/mol. The lowest BCUT2D eigenvalue weighted by molar-refractivity contribution is 0.315. The fourth-order valence-corrected chi connectivity index (χ4v) is 2.94. The largest absolute Gasteiger partial charge is 0.263 e. The van der Waals surface area contributed by atoms with Gasteiger partial charge in [-0.15, -0.1) is 0 Å². The van der Waals surface area contributed by atoms with E-state index >= 15 is 0 Å². The van der Waals surface area contributed by atoms with Gasteiger partial charge in [-0.05, 0) is 35.3 Å². The van der Waals surface area contributed by atoms with Crippen LogP contribution in [-0.4, -0.2) is 18.7 Å². The van der Waals surface area contributed by atoms with E-state index in [9.17, 15) is 8.42 Å². The van der Waals surface area contributed by atoms with Gasteiger partial charge >= 0.3 is 0 Å². The van der Waals surface area contributed by atoms with E-state index in [1.54, 1.807) is 19.9 Å². The number of aromatic nitrogens is 2. The lowest BCUT2D eigenvalue weighted by Gasteiger charge is -2.02. The van der Waals surface area contributed by atoms with Crippen molar-refractivity contribution in [3.05, 3.63) is 17.2 Å². The Balaban J connectivity index is 3.02. The number of hydrogen-bond acceptors (Lipinski definition) is 5. The van der Waals surface area contributed by atoms with Gasteiger partial charge in [0.2, 0.25) is 0 Å². The maximum atomic E-state index is 11.3. The SMILES string of the molecule is Cc1cc(C)c2nonc2c1S(=O)(=O)Cl. The molecule has 80 valence electrons. The highest BCUT2D eigenvalue weighted by atomic mass is 35.7. The summed E-state index contributed by atoms with van der Waals surface area (Å²) >= 11 is 0. The van der Waals surface area contributed by atoms with Crippen molar-refractivity contribution in [3.63, 3.8) is 0 Å². The zero-order valence-corrected chi connectivity index (χ0v) is 9.56. The molecule has 15 heavy (non-hydrogen) atoms. The van der Waals surface area contributed by atoms with Crippen LogP contribution >= 0.6 is 10.7 Å². The van der Waals surface area contributed by atoms with Crippen LogP contribution in [0.4, 0.5) is 0 Å². The lowest BCUT2D eigenvalue weighted by Crippen LogP contribution is -1.97. The quantitative estimate of drug-likeness (QED) is 0.717. The van der Waals surface area contributed by atoms with Gasteiger partial charge in [0.15, 0.2) is 5.52 Å². The summed E-state index contributed by atoms with van der Waals surface area (Å²) in [6.07, 6.45) is 0. The Hall–Kier alpha value is -1.14. The summed E-state index contributed by atoms with van der Waals surface area (Å²) in [5.41, 5.74) is 1.93. The van der Waals surface area contributed by atoms with E-state index in [-0.39, 0.29) is 10.4 Å². The minimum absolute atomic E-state index is 0.0361. The van der Waals surface area contributed by atoms with E-state index in [1.807, 2.05) is 0 Å². The Morgan fingerprint density at radius 1 is 1.20 bits per heavy atom. The highest BCUT2D eigenvalue weighted by Gasteiger charge is 2.22. The number of benzene rings is 1. The number of halogens is 1. The number of hydrogen-bond donors (Lipinski definition) is 0. The van der Waals surface area contributed by atoms with Gasteiger partial charge in [0.25, 0.3) is 9.05 Å².